The van der Waals surface area contributed by atoms with Crippen LogP contribution >= 0.6 is 34.8 Å². The Bertz CT molecular complexity index is 1230. The van der Waals surface area contributed by atoms with E-state index in [-0.39, 0.29) is 29.1 Å². The summed E-state index contributed by atoms with van der Waals surface area (Å²) in [5, 5.41) is 20.4. The van der Waals surface area contributed by atoms with E-state index in [0.717, 1.165) is 17.0 Å². The molecular formula is C22H27Cl3N8O2. The summed E-state index contributed by atoms with van der Waals surface area (Å²) in [6.07, 6.45) is 1.23. The Labute approximate surface area is 218 Å². The third kappa shape index (κ3) is 6.12. The van der Waals surface area contributed by atoms with E-state index < -0.39 is 21.7 Å². The number of aryl methyl sites for hydroxylation is 2. The van der Waals surface area contributed by atoms with E-state index in [9.17, 15) is 9.59 Å². The maximum Gasteiger partial charge on any atom is 0.272 e. The third-order valence-corrected chi connectivity index (χ3v) is 5.89. The number of rotatable bonds is 8. The van der Waals surface area contributed by atoms with Crippen LogP contribution in [0, 0.1) is 13.8 Å². The largest absolute Gasteiger partial charge is 0.336 e. The minimum absolute atomic E-state index is 0.0941. The number of carbonyl (C=O) groups excluding carboxylic acids is 2. The van der Waals surface area contributed by atoms with Crippen LogP contribution in [0.15, 0.2) is 18.3 Å². The summed E-state index contributed by atoms with van der Waals surface area (Å²) in [4.78, 5) is 30.8. The van der Waals surface area contributed by atoms with Gasteiger partial charge in [0.15, 0.2) is 0 Å². The fourth-order valence-corrected chi connectivity index (χ4v) is 4.58. The monoisotopic (exact) mass is 540 g/mol. The molecule has 3 aromatic heterocycles. The van der Waals surface area contributed by atoms with E-state index in [0.29, 0.717) is 5.56 Å². The topological polar surface area (TPSA) is 130 Å². The molecule has 3 N–H and O–H groups in total. The Morgan fingerprint density at radius 3 is 2.43 bits per heavy atom. The van der Waals surface area contributed by atoms with Gasteiger partial charge in [0.1, 0.15) is 26.5 Å². The van der Waals surface area contributed by atoms with Crippen LogP contribution in [-0.2, 0) is 4.79 Å². The second-order valence-electron chi connectivity index (χ2n) is 8.99. The van der Waals surface area contributed by atoms with Crippen LogP contribution in [0.1, 0.15) is 62.0 Å². The van der Waals surface area contributed by atoms with E-state index in [1.54, 1.807) is 12.1 Å². The second kappa shape index (κ2) is 10.1. The van der Waals surface area contributed by atoms with Gasteiger partial charge in [-0.05, 0) is 53.7 Å². The molecule has 0 fully saturated rings. The highest BCUT2D eigenvalue weighted by atomic mass is 35.5. The van der Waals surface area contributed by atoms with Crippen LogP contribution in [0.5, 0.6) is 0 Å². The number of aromatic amines is 1. The molecule has 0 saturated carbocycles. The maximum atomic E-state index is 13.4. The first-order valence-corrected chi connectivity index (χ1v) is 12.0. The molecule has 188 valence electrons. The average Bonchev–Trinajstić information content (AvgIpc) is 3.34. The molecule has 0 aromatic carbocycles. The number of anilines is 1. The number of hydrogen-bond donors (Lipinski definition) is 3. The molecule has 0 bridgehead atoms. The summed E-state index contributed by atoms with van der Waals surface area (Å²) in [6.45, 7) is 10.5. The third-order valence-electron chi connectivity index (χ3n) is 5.34. The van der Waals surface area contributed by atoms with Crippen LogP contribution in [0.4, 0.5) is 5.82 Å². The zero-order chi connectivity index (χ0) is 26.1. The van der Waals surface area contributed by atoms with E-state index in [2.05, 4.69) is 36.1 Å². The minimum Gasteiger partial charge on any atom is -0.336 e. The van der Waals surface area contributed by atoms with Gasteiger partial charge in [0.2, 0.25) is 0 Å². The highest BCUT2D eigenvalue weighted by Gasteiger charge is 2.41. The highest BCUT2D eigenvalue weighted by Crippen LogP contribution is 2.33. The molecule has 10 nitrogen and oxygen atoms in total. The van der Waals surface area contributed by atoms with Crippen molar-refractivity contribution in [3.8, 4) is 11.1 Å². The molecule has 3 aromatic rings. The standard InChI is InChI=1S/C22H27Cl3N8O2/c1-11(2)33-15(9-26-32-33)19(34)29-21(5,10-22(6,24)25)20(35)28-16-8-7-14(18(23)27-16)17-12(3)30-31-13(17)4/h7-9,11H,10H2,1-6H3,(H,29,34)(H,30,31)(H,27,28,35)/t21-/m0/s1. The molecule has 0 aliphatic rings. The Kier molecular flexibility index (Phi) is 7.78. The summed E-state index contributed by atoms with van der Waals surface area (Å²) in [5.41, 5.74) is 1.82. The van der Waals surface area contributed by atoms with Crippen molar-refractivity contribution in [3.63, 3.8) is 0 Å². The number of aromatic nitrogens is 6. The normalized spacial score (nSPS) is 13.5. The fraction of sp³-hybridized carbons (Fsp3) is 0.455. The van der Waals surface area contributed by atoms with Gasteiger partial charge in [-0.2, -0.15) is 5.10 Å². The fourth-order valence-electron chi connectivity index (χ4n) is 3.80. The van der Waals surface area contributed by atoms with Gasteiger partial charge in [0, 0.05) is 29.3 Å². The first-order chi connectivity index (χ1) is 16.2. The lowest BCUT2D eigenvalue weighted by atomic mass is 9.94. The molecule has 35 heavy (non-hydrogen) atoms. The van der Waals surface area contributed by atoms with Gasteiger partial charge >= 0.3 is 0 Å². The molecule has 0 aliphatic heterocycles. The molecule has 0 saturated heterocycles. The number of H-pyrrole nitrogens is 1. The average molecular weight is 542 g/mol. The first-order valence-electron chi connectivity index (χ1n) is 10.8. The van der Waals surface area contributed by atoms with Gasteiger partial charge in [0.25, 0.3) is 11.8 Å². The lowest BCUT2D eigenvalue weighted by Crippen LogP contribution is -2.57. The zero-order valence-corrected chi connectivity index (χ0v) is 22.5. The Morgan fingerprint density at radius 1 is 1.20 bits per heavy atom. The van der Waals surface area contributed by atoms with Gasteiger partial charge in [-0.1, -0.05) is 16.8 Å². The highest BCUT2D eigenvalue weighted by molar-refractivity contribution is 6.48. The molecule has 0 aliphatic carbocycles. The number of carbonyl (C=O) groups is 2. The summed E-state index contributed by atoms with van der Waals surface area (Å²) >= 11 is 18.9. The van der Waals surface area contributed by atoms with Crippen molar-refractivity contribution in [1.82, 2.24) is 35.5 Å². The molecule has 1 atom stereocenters. The van der Waals surface area contributed by atoms with Gasteiger partial charge in [-0.15, -0.1) is 28.3 Å². The molecular weight excluding hydrogens is 515 g/mol. The number of amides is 2. The predicted molar refractivity (Wildman–Crippen MR) is 136 cm³/mol. The molecule has 0 radical (unpaired) electrons. The maximum absolute atomic E-state index is 13.4. The lowest BCUT2D eigenvalue weighted by molar-refractivity contribution is -0.121. The predicted octanol–water partition coefficient (Wildman–Crippen LogP) is 4.63. The van der Waals surface area contributed by atoms with Crippen LogP contribution in [-0.4, -0.2) is 51.9 Å². The van der Waals surface area contributed by atoms with Crippen LogP contribution < -0.4 is 10.6 Å². The number of alkyl halides is 2. The van der Waals surface area contributed by atoms with Crippen molar-refractivity contribution >= 4 is 52.4 Å². The van der Waals surface area contributed by atoms with Gasteiger partial charge in [-0.25, -0.2) is 9.67 Å². The van der Waals surface area contributed by atoms with Crippen molar-refractivity contribution in [2.75, 3.05) is 5.32 Å². The number of nitrogens with zero attached hydrogens (tertiary/aromatic N) is 5. The molecule has 0 spiro atoms. The Morgan fingerprint density at radius 2 is 1.89 bits per heavy atom. The zero-order valence-electron chi connectivity index (χ0n) is 20.2. The molecule has 3 rings (SSSR count). The summed E-state index contributed by atoms with van der Waals surface area (Å²) in [5.74, 6) is -0.928. The minimum atomic E-state index is -1.51. The van der Waals surface area contributed by atoms with Gasteiger partial charge in [-0.3, -0.25) is 14.7 Å². The summed E-state index contributed by atoms with van der Waals surface area (Å²) < 4.78 is 0.134. The van der Waals surface area contributed by atoms with E-state index in [1.807, 2.05) is 27.7 Å². The summed E-state index contributed by atoms with van der Waals surface area (Å²) in [6, 6.07) is 3.24. The second-order valence-corrected chi connectivity index (χ2v) is 11.2. The van der Waals surface area contributed by atoms with E-state index in [1.165, 1.54) is 24.7 Å². The molecule has 0 unspecified atom stereocenters. The van der Waals surface area contributed by atoms with E-state index in [4.69, 9.17) is 34.8 Å². The first kappa shape index (κ1) is 26.9. The van der Waals surface area contributed by atoms with Crippen LogP contribution in [0.2, 0.25) is 5.15 Å². The Hall–Kier alpha value is -2.69. The SMILES string of the molecule is Cc1n[nH]c(C)c1-c1ccc(NC(=O)[C@](C)(CC(C)(Cl)Cl)NC(=O)c2cnnn2C(C)C)nc1Cl. The van der Waals surface area contributed by atoms with Crippen LogP contribution in [0.3, 0.4) is 0 Å². The van der Waals surface area contributed by atoms with Gasteiger partial charge in [0.05, 0.1) is 11.9 Å². The lowest BCUT2D eigenvalue weighted by Gasteiger charge is -2.33. The van der Waals surface area contributed by atoms with E-state index >= 15 is 0 Å². The Balaban J connectivity index is 1.88. The van der Waals surface area contributed by atoms with Crippen molar-refractivity contribution in [1.29, 1.82) is 0 Å². The molecule has 3 heterocycles. The quantitative estimate of drug-likeness (QED) is 0.282. The number of hydrogen-bond acceptors (Lipinski definition) is 6. The number of nitrogens with one attached hydrogen (secondary N) is 3. The number of halogens is 3. The number of pyridine rings is 1. The molecule has 13 heteroatoms. The van der Waals surface area contributed by atoms with Crippen molar-refractivity contribution in [2.45, 2.75) is 63.9 Å². The molecule has 2 amide bonds. The smallest absolute Gasteiger partial charge is 0.272 e. The van der Waals surface area contributed by atoms with Crippen molar-refractivity contribution in [2.24, 2.45) is 0 Å². The van der Waals surface area contributed by atoms with Crippen molar-refractivity contribution in [3.05, 3.63) is 40.6 Å². The van der Waals surface area contributed by atoms with Crippen LogP contribution in [0.25, 0.3) is 11.1 Å². The summed E-state index contributed by atoms with van der Waals surface area (Å²) in [7, 11) is 0. The van der Waals surface area contributed by atoms with Crippen molar-refractivity contribution < 1.29 is 9.59 Å². The van der Waals surface area contributed by atoms with Gasteiger partial charge < -0.3 is 10.6 Å².